The SMILES string of the molecule is CCCCCCCCCCCCc1cccn1C(=O)C(Cl)(Cl)Cl. The molecule has 23 heavy (non-hydrogen) atoms. The first kappa shape index (κ1) is 20.9. The van der Waals surface area contributed by atoms with E-state index in [2.05, 4.69) is 6.92 Å². The maximum Gasteiger partial charge on any atom is 0.282 e. The first-order valence-corrected chi connectivity index (χ1v) is 9.88. The number of aryl methyl sites for hydroxylation is 1. The highest BCUT2D eigenvalue weighted by Gasteiger charge is 2.32. The molecule has 0 atom stereocenters. The van der Waals surface area contributed by atoms with Crippen LogP contribution in [0.15, 0.2) is 18.3 Å². The standard InChI is InChI=1S/C18H28Cl3NO/c1-2-3-4-5-6-7-8-9-10-11-13-16-14-12-15-22(16)17(23)18(19,20)21/h12,14-15H,2-11,13H2,1H3. The van der Waals surface area contributed by atoms with Gasteiger partial charge in [-0.1, -0.05) is 99.5 Å². The van der Waals surface area contributed by atoms with E-state index in [9.17, 15) is 4.79 Å². The summed E-state index contributed by atoms with van der Waals surface area (Å²) in [5, 5.41) is 0. The molecule has 0 radical (unpaired) electrons. The summed E-state index contributed by atoms with van der Waals surface area (Å²) in [5.41, 5.74) is 0.917. The van der Waals surface area contributed by atoms with Gasteiger partial charge in [0.1, 0.15) is 0 Å². The van der Waals surface area contributed by atoms with Crippen molar-refractivity contribution in [2.45, 2.75) is 81.3 Å². The van der Waals surface area contributed by atoms with Crippen LogP contribution in [0.4, 0.5) is 0 Å². The summed E-state index contributed by atoms with van der Waals surface area (Å²) in [5.74, 6) is -0.505. The Labute approximate surface area is 155 Å². The lowest BCUT2D eigenvalue weighted by Crippen LogP contribution is -2.26. The van der Waals surface area contributed by atoms with Crippen LogP contribution in [0.1, 0.15) is 81.6 Å². The molecule has 0 N–H and O–H groups in total. The molecular weight excluding hydrogens is 353 g/mol. The Bertz CT molecular complexity index is 451. The third-order valence-corrected chi connectivity index (χ3v) is 4.57. The van der Waals surface area contributed by atoms with E-state index in [0.717, 1.165) is 18.5 Å². The molecule has 132 valence electrons. The van der Waals surface area contributed by atoms with Crippen LogP contribution in [0.3, 0.4) is 0 Å². The molecule has 0 saturated carbocycles. The number of carbonyl (C=O) groups excluding carboxylic acids is 1. The molecule has 0 aliphatic heterocycles. The van der Waals surface area contributed by atoms with Crippen molar-refractivity contribution in [3.05, 3.63) is 24.0 Å². The predicted molar refractivity (Wildman–Crippen MR) is 101 cm³/mol. The number of hydrogen-bond acceptors (Lipinski definition) is 1. The van der Waals surface area contributed by atoms with Crippen LogP contribution < -0.4 is 0 Å². The van der Waals surface area contributed by atoms with Crippen LogP contribution in [0.25, 0.3) is 0 Å². The minimum Gasteiger partial charge on any atom is -0.288 e. The Hall–Kier alpha value is -0.180. The molecule has 0 amide bonds. The fourth-order valence-electron chi connectivity index (χ4n) is 2.75. The van der Waals surface area contributed by atoms with Crippen molar-refractivity contribution < 1.29 is 4.79 Å². The molecule has 5 heteroatoms. The zero-order valence-electron chi connectivity index (χ0n) is 14.0. The first-order valence-electron chi connectivity index (χ1n) is 8.74. The Morgan fingerprint density at radius 1 is 0.957 bits per heavy atom. The normalized spacial score (nSPS) is 11.8. The molecule has 1 heterocycles. The van der Waals surface area contributed by atoms with Gasteiger partial charge in [0.25, 0.3) is 9.70 Å². The second-order valence-electron chi connectivity index (χ2n) is 6.10. The lowest BCUT2D eigenvalue weighted by molar-refractivity contribution is 0.0915. The van der Waals surface area contributed by atoms with Crippen molar-refractivity contribution in [1.29, 1.82) is 0 Å². The molecule has 0 bridgehead atoms. The largest absolute Gasteiger partial charge is 0.288 e. The van der Waals surface area contributed by atoms with Crippen molar-refractivity contribution in [3.63, 3.8) is 0 Å². The molecular formula is C18H28Cl3NO. The van der Waals surface area contributed by atoms with Crippen LogP contribution in [-0.2, 0) is 6.42 Å². The van der Waals surface area contributed by atoms with E-state index >= 15 is 0 Å². The summed E-state index contributed by atoms with van der Waals surface area (Å²) >= 11 is 17.0. The third kappa shape index (κ3) is 8.47. The van der Waals surface area contributed by atoms with Gasteiger partial charge in [-0.05, 0) is 25.0 Å². The Balaban J connectivity index is 2.15. The maximum absolute atomic E-state index is 12.0. The van der Waals surface area contributed by atoms with Crippen molar-refractivity contribution in [1.82, 2.24) is 4.57 Å². The number of hydrogen-bond donors (Lipinski definition) is 0. The van der Waals surface area contributed by atoms with Gasteiger partial charge in [-0.3, -0.25) is 9.36 Å². The second-order valence-corrected chi connectivity index (χ2v) is 8.39. The lowest BCUT2D eigenvalue weighted by atomic mass is 10.1. The van der Waals surface area contributed by atoms with Crippen LogP contribution in [-0.4, -0.2) is 14.3 Å². The Morgan fingerprint density at radius 2 is 1.48 bits per heavy atom. The monoisotopic (exact) mass is 379 g/mol. The maximum atomic E-state index is 12.0. The summed E-state index contributed by atoms with van der Waals surface area (Å²) in [7, 11) is 0. The highest BCUT2D eigenvalue weighted by atomic mass is 35.6. The van der Waals surface area contributed by atoms with E-state index in [0.29, 0.717) is 0 Å². The van der Waals surface area contributed by atoms with Crippen molar-refractivity contribution in [3.8, 4) is 0 Å². The summed E-state index contributed by atoms with van der Waals surface area (Å²) in [4.78, 5) is 12.0. The number of rotatable bonds is 11. The average Bonchev–Trinajstić information content (AvgIpc) is 2.95. The predicted octanol–water partition coefficient (Wildman–Crippen LogP) is 6.96. The van der Waals surface area contributed by atoms with Gasteiger partial charge in [0, 0.05) is 11.9 Å². The molecule has 0 saturated heterocycles. The summed E-state index contributed by atoms with van der Waals surface area (Å²) in [6, 6.07) is 3.74. The van der Waals surface area contributed by atoms with Gasteiger partial charge < -0.3 is 0 Å². The fraction of sp³-hybridized carbons (Fsp3) is 0.722. The highest BCUT2D eigenvalue weighted by molar-refractivity contribution is 6.76. The van der Waals surface area contributed by atoms with Gasteiger partial charge in [0.2, 0.25) is 0 Å². The summed E-state index contributed by atoms with van der Waals surface area (Å²) in [6.45, 7) is 2.25. The summed E-state index contributed by atoms with van der Waals surface area (Å²) in [6.07, 6.45) is 15.4. The highest BCUT2D eigenvalue weighted by Crippen LogP contribution is 2.29. The van der Waals surface area contributed by atoms with Gasteiger partial charge in [-0.2, -0.15) is 0 Å². The Kier molecular flexibility index (Phi) is 10.3. The van der Waals surface area contributed by atoms with Gasteiger partial charge in [0.15, 0.2) is 0 Å². The van der Waals surface area contributed by atoms with Crippen LogP contribution >= 0.6 is 34.8 Å². The zero-order valence-corrected chi connectivity index (χ0v) is 16.3. The number of aromatic nitrogens is 1. The smallest absolute Gasteiger partial charge is 0.282 e. The number of nitrogens with zero attached hydrogens (tertiary/aromatic N) is 1. The molecule has 1 aromatic rings. The number of alkyl halides is 3. The zero-order chi connectivity index (χ0) is 17.1. The summed E-state index contributed by atoms with van der Waals surface area (Å²) < 4.78 is -0.438. The molecule has 0 aliphatic rings. The number of carbonyl (C=O) groups is 1. The van der Waals surface area contributed by atoms with Gasteiger partial charge in [-0.15, -0.1) is 0 Å². The lowest BCUT2D eigenvalue weighted by Gasteiger charge is -2.13. The van der Waals surface area contributed by atoms with Gasteiger partial charge in [-0.25, -0.2) is 0 Å². The molecule has 0 aliphatic carbocycles. The number of unbranched alkanes of at least 4 members (excludes halogenated alkanes) is 9. The molecule has 0 aromatic carbocycles. The minimum atomic E-state index is -1.90. The van der Waals surface area contributed by atoms with E-state index in [-0.39, 0.29) is 0 Å². The van der Waals surface area contributed by atoms with Gasteiger partial charge in [0.05, 0.1) is 0 Å². The third-order valence-electron chi connectivity index (χ3n) is 4.08. The van der Waals surface area contributed by atoms with E-state index in [1.807, 2.05) is 12.1 Å². The van der Waals surface area contributed by atoms with Crippen molar-refractivity contribution in [2.24, 2.45) is 0 Å². The molecule has 0 unspecified atom stereocenters. The topological polar surface area (TPSA) is 22.0 Å². The molecule has 1 rings (SSSR count). The quantitative estimate of drug-likeness (QED) is 0.300. The number of halogens is 3. The van der Waals surface area contributed by atoms with Crippen LogP contribution in [0.2, 0.25) is 0 Å². The van der Waals surface area contributed by atoms with E-state index in [4.69, 9.17) is 34.8 Å². The van der Waals surface area contributed by atoms with Crippen molar-refractivity contribution in [2.75, 3.05) is 0 Å². The van der Waals surface area contributed by atoms with E-state index in [1.165, 1.54) is 62.4 Å². The fourth-order valence-corrected chi connectivity index (χ4v) is 3.02. The second kappa shape index (κ2) is 11.4. The van der Waals surface area contributed by atoms with Gasteiger partial charge >= 0.3 is 0 Å². The molecule has 0 fully saturated rings. The first-order chi connectivity index (χ1) is 11.0. The average molecular weight is 381 g/mol. The molecule has 1 aromatic heterocycles. The van der Waals surface area contributed by atoms with Crippen molar-refractivity contribution >= 4 is 40.7 Å². The minimum absolute atomic E-state index is 0.505. The van der Waals surface area contributed by atoms with E-state index in [1.54, 1.807) is 6.20 Å². The molecule has 0 spiro atoms. The van der Waals surface area contributed by atoms with E-state index < -0.39 is 9.70 Å². The molecule has 2 nitrogen and oxygen atoms in total. The Morgan fingerprint density at radius 3 is 2.00 bits per heavy atom. The van der Waals surface area contributed by atoms with Crippen LogP contribution in [0.5, 0.6) is 0 Å². The van der Waals surface area contributed by atoms with Crippen LogP contribution in [0, 0.1) is 0 Å².